The SMILES string of the molecule is Cc1cccc(C(C)C)c1NC(=O)/C(C#N)=C\NCc1ccccc1F. The molecule has 0 heterocycles. The smallest absolute Gasteiger partial charge is 0.267 e. The first kappa shape index (κ1) is 19.2. The summed E-state index contributed by atoms with van der Waals surface area (Å²) < 4.78 is 13.6. The lowest BCUT2D eigenvalue weighted by atomic mass is 9.98. The molecule has 26 heavy (non-hydrogen) atoms. The van der Waals surface area contributed by atoms with E-state index in [1.165, 1.54) is 12.3 Å². The van der Waals surface area contributed by atoms with Crippen LogP contribution in [0.3, 0.4) is 0 Å². The number of aryl methyl sites for hydroxylation is 1. The Morgan fingerprint density at radius 2 is 1.96 bits per heavy atom. The fourth-order valence-corrected chi connectivity index (χ4v) is 2.58. The van der Waals surface area contributed by atoms with Gasteiger partial charge in [-0.05, 0) is 30.0 Å². The van der Waals surface area contributed by atoms with Crippen LogP contribution in [0.2, 0.25) is 0 Å². The van der Waals surface area contributed by atoms with E-state index in [1.807, 2.05) is 45.0 Å². The molecular formula is C21H22FN3O. The molecule has 0 saturated heterocycles. The van der Waals surface area contributed by atoms with Crippen molar-refractivity contribution in [3.8, 4) is 6.07 Å². The van der Waals surface area contributed by atoms with Crippen LogP contribution in [-0.4, -0.2) is 5.91 Å². The molecule has 2 aromatic rings. The van der Waals surface area contributed by atoms with Crippen molar-refractivity contribution < 1.29 is 9.18 Å². The lowest BCUT2D eigenvalue weighted by molar-refractivity contribution is -0.112. The summed E-state index contributed by atoms with van der Waals surface area (Å²) in [5, 5.41) is 14.9. The normalized spacial score (nSPS) is 11.2. The molecule has 1 amide bonds. The van der Waals surface area contributed by atoms with E-state index < -0.39 is 5.91 Å². The van der Waals surface area contributed by atoms with E-state index in [2.05, 4.69) is 10.6 Å². The van der Waals surface area contributed by atoms with Crippen LogP contribution in [0.5, 0.6) is 0 Å². The predicted molar refractivity (Wildman–Crippen MR) is 101 cm³/mol. The largest absolute Gasteiger partial charge is 0.385 e. The molecular weight excluding hydrogens is 329 g/mol. The summed E-state index contributed by atoms with van der Waals surface area (Å²) in [5.41, 5.74) is 3.06. The molecule has 0 bridgehead atoms. The number of anilines is 1. The average molecular weight is 351 g/mol. The quantitative estimate of drug-likeness (QED) is 0.599. The Morgan fingerprint density at radius 3 is 2.62 bits per heavy atom. The Bertz CT molecular complexity index is 866. The number of benzene rings is 2. The molecule has 0 aliphatic carbocycles. The molecule has 2 N–H and O–H groups in total. The van der Waals surface area contributed by atoms with Crippen molar-refractivity contribution in [2.45, 2.75) is 33.2 Å². The predicted octanol–water partition coefficient (Wildman–Crippen LogP) is 4.39. The second-order valence-electron chi connectivity index (χ2n) is 6.29. The van der Waals surface area contributed by atoms with Gasteiger partial charge in [-0.25, -0.2) is 4.39 Å². The van der Waals surface area contributed by atoms with Gasteiger partial charge in [0.15, 0.2) is 0 Å². The summed E-state index contributed by atoms with van der Waals surface area (Å²) in [6.07, 6.45) is 1.31. The average Bonchev–Trinajstić information content (AvgIpc) is 2.61. The number of nitrogens with one attached hydrogen (secondary N) is 2. The van der Waals surface area contributed by atoms with Crippen molar-refractivity contribution in [3.63, 3.8) is 0 Å². The zero-order valence-electron chi connectivity index (χ0n) is 15.1. The number of carbonyl (C=O) groups excluding carboxylic acids is 1. The highest BCUT2D eigenvalue weighted by atomic mass is 19.1. The number of para-hydroxylation sites is 1. The third kappa shape index (κ3) is 4.70. The van der Waals surface area contributed by atoms with E-state index in [4.69, 9.17) is 0 Å². The van der Waals surface area contributed by atoms with Gasteiger partial charge in [0.05, 0.1) is 0 Å². The molecule has 2 aromatic carbocycles. The zero-order chi connectivity index (χ0) is 19.1. The Hall–Kier alpha value is -3.13. The van der Waals surface area contributed by atoms with Gasteiger partial charge in [-0.15, -0.1) is 0 Å². The highest BCUT2D eigenvalue weighted by Crippen LogP contribution is 2.27. The molecule has 0 aliphatic rings. The molecule has 0 aliphatic heterocycles. The fourth-order valence-electron chi connectivity index (χ4n) is 2.58. The van der Waals surface area contributed by atoms with E-state index in [0.717, 1.165) is 16.8 Å². The minimum Gasteiger partial charge on any atom is -0.385 e. The molecule has 0 fully saturated rings. The van der Waals surface area contributed by atoms with Crippen LogP contribution in [0, 0.1) is 24.1 Å². The Balaban J connectivity index is 2.12. The van der Waals surface area contributed by atoms with Gasteiger partial charge in [-0.2, -0.15) is 5.26 Å². The first-order chi connectivity index (χ1) is 12.4. The number of halogens is 1. The van der Waals surface area contributed by atoms with Crippen molar-refractivity contribution in [1.82, 2.24) is 5.32 Å². The Morgan fingerprint density at radius 1 is 1.23 bits per heavy atom. The molecule has 4 nitrogen and oxygen atoms in total. The van der Waals surface area contributed by atoms with Crippen molar-refractivity contribution in [2.24, 2.45) is 0 Å². The lowest BCUT2D eigenvalue weighted by Crippen LogP contribution is -2.18. The zero-order valence-corrected chi connectivity index (χ0v) is 15.1. The third-order valence-corrected chi connectivity index (χ3v) is 4.03. The molecule has 0 aromatic heterocycles. The maximum atomic E-state index is 13.6. The summed E-state index contributed by atoms with van der Waals surface area (Å²) in [6.45, 7) is 6.18. The van der Waals surface area contributed by atoms with Gasteiger partial charge < -0.3 is 10.6 Å². The highest BCUT2D eigenvalue weighted by Gasteiger charge is 2.15. The molecule has 5 heteroatoms. The monoisotopic (exact) mass is 351 g/mol. The van der Waals surface area contributed by atoms with Gasteiger partial charge in [-0.1, -0.05) is 50.2 Å². The second-order valence-corrected chi connectivity index (χ2v) is 6.29. The number of hydrogen-bond acceptors (Lipinski definition) is 3. The van der Waals surface area contributed by atoms with E-state index >= 15 is 0 Å². The van der Waals surface area contributed by atoms with Crippen molar-refractivity contribution >= 4 is 11.6 Å². The van der Waals surface area contributed by atoms with Crippen LogP contribution in [0.4, 0.5) is 10.1 Å². The molecule has 0 atom stereocenters. The number of amides is 1. The molecule has 0 unspecified atom stereocenters. The van der Waals surface area contributed by atoms with Gasteiger partial charge in [0.2, 0.25) is 0 Å². The highest BCUT2D eigenvalue weighted by molar-refractivity contribution is 6.07. The Labute approximate surface area is 153 Å². The van der Waals surface area contributed by atoms with Crippen molar-refractivity contribution in [3.05, 3.63) is 76.7 Å². The standard InChI is InChI=1S/C21H22FN3O/c1-14(2)18-9-6-7-15(3)20(18)25-21(26)17(11-23)13-24-12-16-8-4-5-10-19(16)22/h4-10,13-14,24H,12H2,1-3H3,(H,25,26)/b17-13-. The Kier molecular flexibility index (Phi) is 6.51. The fraction of sp³-hybridized carbons (Fsp3) is 0.238. The van der Waals surface area contributed by atoms with Crippen LogP contribution < -0.4 is 10.6 Å². The maximum absolute atomic E-state index is 13.6. The van der Waals surface area contributed by atoms with E-state index in [9.17, 15) is 14.4 Å². The van der Waals surface area contributed by atoms with Crippen molar-refractivity contribution in [1.29, 1.82) is 5.26 Å². The van der Waals surface area contributed by atoms with Crippen LogP contribution in [0.25, 0.3) is 0 Å². The van der Waals surface area contributed by atoms with E-state index in [-0.39, 0.29) is 23.9 Å². The van der Waals surface area contributed by atoms with Crippen LogP contribution >= 0.6 is 0 Å². The maximum Gasteiger partial charge on any atom is 0.267 e. The number of carbonyl (C=O) groups is 1. The van der Waals surface area contributed by atoms with Crippen LogP contribution in [-0.2, 0) is 11.3 Å². The van der Waals surface area contributed by atoms with Crippen LogP contribution in [0.15, 0.2) is 54.2 Å². The summed E-state index contributed by atoms with van der Waals surface area (Å²) in [4.78, 5) is 12.5. The minimum absolute atomic E-state index is 0.0701. The number of rotatable bonds is 6. The topological polar surface area (TPSA) is 64.9 Å². The molecule has 0 saturated carbocycles. The number of nitrogens with zero attached hydrogens (tertiary/aromatic N) is 1. The third-order valence-electron chi connectivity index (χ3n) is 4.03. The summed E-state index contributed by atoms with van der Waals surface area (Å²) in [5.74, 6) is -0.596. The first-order valence-corrected chi connectivity index (χ1v) is 8.42. The minimum atomic E-state index is -0.496. The van der Waals surface area contributed by atoms with Gasteiger partial charge in [-0.3, -0.25) is 4.79 Å². The molecule has 0 spiro atoms. The summed E-state index contributed by atoms with van der Waals surface area (Å²) in [6, 6.07) is 14.0. The van der Waals surface area contributed by atoms with Crippen molar-refractivity contribution in [2.75, 3.05) is 5.32 Å². The van der Waals surface area contributed by atoms with Crippen LogP contribution in [0.1, 0.15) is 36.5 Å². The lowest BCUT2D eigenvalue weighted by Gasteiger charge is -2.16. The molecule has 2 rings (SSSR count). The second kappa shape index (κ2) is 8.82. The van der Waals surface area contributed by atoms with E-state index in [0.29, 0.717) is 5.56 Å². The van der Waals surface area contributed by atoms with E-state index in [1.54, 1.807) is 18.2 Å². The number of nitriles is 1. The molecule has 134 valence electrons. The first-order valence-electron chi connectivity index (χ1n) is 8.42. The summed E-state index contributed by atoms with van der Waals surface area (Å²) in [7, 11) is 0. The van der Waals surface area contributed by atoms with Gasteiger partial charge in [0, 0.05) is 24.0 Å². The van der Waals surface area contributed by atoms with Gasteiger partial charge in [0.1, 0.15) is 17.5 Å². The van der Waals surface area contributed by atoms with Gasteiger partial charge in [0.25, 0.3) is 5.91 Å². The summed E-state index contributed by atoms with van der Waals surface area (Å²) >= 11 is 0. The van der Waals surface area contributed by atoms with Gasteiger partial charge >= 0.3 is 0 Å². The molecule has 0 radical (unpaired) electrons. The number of hydrogen-bond donors (Lipinski definition) is 2.